The molecule has 0 spiro atoms. The molecule has 1 saturated heterocycles. The average Bonchev–Trinajstić information content (AvgIpc) is 3.98. The topological polar surface area (TPSA) is 163 Å². The Bertz CT molecular complexity index is 2790. The first-order valence-electron chi connectivity index (χ1n) is 25.1. The molecule has 1 unspecified atom stereocenters. The van der Waals surface area contributed by atoms with Gasteiger partial charge in [-0.15, -0.1) is 0 Å². The molecule has 6 heterocycles. The first-order valence-corrected chi connectivity index (χ1v) is 25.5. The van der Waals surface area contributed by atoms with Gasteiger partial charge < -0.3 is 29.7 Å². The maximum atomic E-state index is 14.8. The Kier molecular flexibility index (Phi) is 13.4. The number of ether oxygens (including phenoxy) is 2. The maximum Gasteiger partial charge on any atom is 0.264 e. The number of hydrogen-bond donors (Lipinski definition) is 2. The molecule has 2 N–H and O–H groups in total. The number of aromatic nitrogens is 6. The quantitative estimate of drug-likeness (QED) is 0.122. The van der Waals surface area contributed by atoms with Crippen molar-refractivity contribution in [2.75, 3.05) is 36.0 Å². The first-order chi connectivity index (χ1) is 34.0. The third kappa shape index (κ3) is 9.37. The minimum Gasteiger partial charge on any atom is -0.489 e. The van der Waals surface area contributed by atoms with Crippen LogP contribution in [0.2, 0.25) is 5.02 Å². The number of benzene rings is 2. The van der Waals surface area contributed by atoms with E-state index in [1.165, 1.54) is 5.69 Å². The van der Waals surface area contributed by atoms with Gasteiger partial charge in [-0.05, 0) is 93.7 Å². The molecular weight excluding hydrogens is 928 g/mol. The number of carbonyl (C=O) groups is 1. The van der Waals surface area contributed by atoms with E-state index in [9.17, 15) is 23.9 Å². The monoisotopic (exact) mass is 991 g/mol. The van der Waals surface area contributed by atoms with E-state index in [0.717, 1.165) is 93.5 Å². The van der Waals surface area contributed by atoms with Gasteiger partial charge in [0.15, 0.2) is 5.82 Å². The van der Waals surface area contributed by atoms with Gasteiger partial charge in [0.1, 0.15) is 24.2 Å². The summed E-state index contributed by atoms with van der Waals surface area (Å²) < 4.78 is 46.6. The highest BCUT2D eigenvalue weighted by Gasteiger charge is 2.64. The summed E-state index contributed by atoms with van der Waals surface area (Å²) in [5.41, 5.74) is 5.21. The standard InChI is InChI=1S/C53H64ClF2N11O4/c1-31(68)65-21-17-44-42(30-65)47(66-18-7-8-32-22-40(35-28-60-63(6)29-35)41(46(55)56)24-45(32)66)62-67(44)36-10-13-37(14-11-36)70-38-15-19-64(20-16-38)51-58-26-34(27-59-51)48(69)61-49-52(2,3)50(53(49,4)5)71-39-12-9-33(25-57)43(54)23-39/h9,12,22-24,26-29,31,36-38,46,49-50,68H,7-8,10-11,13-21,30H2,1-6H3,(H,61,69). The summed E-state index contributed by atoms with van der Waals surface area (Å²) in [4.78, 5) is 29.2. The Morgan fingerprint density at radius 3 is 2.32 bits per heavy atom. The molecule has 0 radical (unpaired) electrons. The second-order valence-corrected chi connectivity index (χ2v) is 21.8. The molecule has 2 aromatic carbocycles. The number of amides is 1. The fourth-order valence-electron chi connectivity index (χ4n) is 12.4. The summed E-state index contributed by atoms with van der Waals surface area (Å²) in [5, 5.41) is 33.1. The van der Waals surface area contributed by atoms with E-state index < -0.39 is 23.5 Å². The van der Waals surface area contributed by atoms with Crippen molar-refractivity contribution in [3.63, 3.8) is 0 Å². The summed E-state index contributed by atoms with van der Waals surface area (Å²) in [6.45, 7) is 13.5. The van der Waals surface area contributed by atoms with Gasteiger partial charge in [0.25, 0.3) is 12.3 Å². The zero-order valence-corrected chi connectivity index (χ0v) is 42.2. The number of aliphatic hydroxyl groups is 1. The molecule has 5 aromatic rings. The second kappa shape index (κ2) is 19.4. The highest BCUT2D eigenvalue weighted by atomic mass is 35.5. The third-order valence-electron chi connectivity index (χ3n) is 15.9. The Morgan fingerprint density at radius 2 is 1.68 bits per heavy atom. The highest BCUT2D eigenvalue weighted by Crippen LogP contribution is 2.56. The van der Waals surface area contributed by atoms with Crippen LogP contribution < -0.4 is 19.9 Å². The van der Waals surface area contributed by atoms with Crippen molar-refractivity contribution in [2.24, 2.45) is 17.9 Å². The smallest absolute Gasteiger partial charge is 0.264 e. The molecule has 1 amide bonds. The Hall–Kier alpha value is -5.67. The van der Waals surface area contributed by atoms with E-state index in [1.54, 1.807) is 67.7 Å². The van der Waals surface area contributed by atoms with Crippen LogP contribution in [-0.2, 0) is 31.2 Å². The fraction of sp³-hybridized carbons (Fsp3) is 0.547. The molecule has 15 nitrogen and oxygen atoms in total. The largest absolute Gasteiger partial charge is 0.489 e. The number of nitrogens with one attached hydrogen (secondary N) is 1. The number of alkyl halides is 2. The zero-order chi connectivity index (χ0) is 49.9. The van der Waals surface area contributed by atoms with Crippen LogP contribution in [0.15, 0.2) is 55.1 Å². The lowest BCUT2D eigenvalue weighted by molar-refractivity contribution is -0.164. The van der Waals surface area contributed by atoms with Crippen molar-refractivity contribution in [1.82, 2.24) is 39.7 Å². The molecule has 1 atom stereocenters. The van der Waals surface area contributed by atoms with Crippen molar-refractivity contribution in [2.45, 2.75) is 142 Å². The number of nitriles is 1. The van der Waals surface area contributed by atoms with Crippen molar-refractivity contribution in [3.05, 3.63) is 93.7 Å². The van der Waals surface area contributed by atoms with E-state index in [4.69, 9.17) is 26.2 Å². The molecule has 3 aromatic heterocycles. The number of piperidine rings is 1. The van der Waals surface area contributed by atoms with E-state index in [0.29, 0.717) is 58.6 Å². The number of hydrogen-bond acceptors (Lipinski definition) is 12. The van der Waals surface area contributed by atoms with E-state index in [-0.39, 0.29) is 41.9 Å². The number of halogens is 3. The van der Waals surface area contributed by atoms with Gasteiger partial charge in [0, 0.05) is 116 Å². The maximum absolute atomic E-state index is 14.8. The molecule has 3 aliphatic heterocycles. The van der Waals surface area contributed by atoms with Crippen molar-refractivity contribution in [1.29, 1.82) is 5.26 Å². The van der Waals surface area contributed by atoms with Crippen LogP contribution >= 0.6 is 11.6 Å². The normalized spacial score (nSPS) is 23.6. The summed E-state index contributed by atoms with van der Waals surface area (Å²) in [6.07, 6.45) is 11.2. The van der Waals surface area contributed by atoms with Gasteiger partial charge in [-0.2, -0.15) is 15.5 Å². The van der Waals surface area contributed by atoms with Crippen LogP contribution in [0.5, 0.6) is 5.75 Å². The minimum atomic E-state index is -2.66. The SMILES string of the molecule is CC(O)N1CCc2c(c(N3CCCc4cc(-c5cnn(C)c5)c(C(F)F)cc43)nn2C2CCC(OC3CCN(c4ncc(C(=O)NC5C(C)(C)C(Oc6ccc(C#N)c(Cl)c6)C5(C)C)cn4)CC3)CC2)C1. The predicted octanol–water partition coefficient (Wildman–Crippen LogP) is 9.10. The van der Waals surface area contributed by atoms with Crippen LogP contribution in [0.25, 0.3) is 11.1 Å². The van der Waals surface area contributed by atoms with Crippen LogP contribution in [0.3, 0.4) is 0 Å². The molecule has 2 saturated carbocycles. The van der Waals surface area contributed by atoms with Crippen LogP contribution in [0.4, 0.5) is 26.2 Å². The van der Waals surface area contributed by atoms with E-state index >= 15 is 0 Å². The van der Waals surface area contributed by atoms with Gasteiger partial charge in [-0.25, -0.2) is 18.7 Å². The summed E-state index contributed by atoms with van der Waals surface area (Å²) in [5.74, 6) is 1.74. The highest BCUT2D eigenvalue weighted by molar-refractivity contribution is 6.31. The van der Waals surface area contributed by atoms with Crippen LogP contribution in [-0.4, -0.2) is 102 Å². The number of rotatable bonds is 12. The van der Waals surface area contributed by atoms with Crippen molar-refractivity contribution < 1.29 is 28.2 Å². The average molecular weight is 993 g/mol. The van der Waals surface area contributed by atoms with Gasteiger partial charge >= 0.3 is 0 Å². The third-order valence-corrected chi connectivity index (χ3v) is 16.2. The van der Waals surface area contributed by atoms with Crippen molar-refractivity contribution >= 4 is 35.0 Å². The van der Waals surface area contributed by atoms with E-state index in [1.807, 2.05) is 6.07 Å². The Labute approximate surface area is 419 Å². The lowest BCUT2D eigenvalue weighted by atomic mass is 9.49. The number of aliphatic hydroxyl groups excluding tert-OH is 1. The Balaban J connectivity index is 0.745. The van der Waals surface area contributed by atoms with Gasteiger partial charge in [0.05, 0.1) is 40.6 Å². The molecular formula is C53H64ClF2N11O4. The number of aryl methyl sites for hydroxylation is 2. The zero-order valence-electron chi connectivity index (χ0n) is 41.4. The lowest BCUT2D eigenvalue weighted by Gasteiger charge is -2.63. The molecule has 3 fully saturated rings. The van der Waals surface area contributed by atoms with Crippen LogP contribution in [0.1, 0.15) is 130 Å². The molecule has 5 aliphatic rings. The Morgan fingerprint density at radius 1 is 0.958 bits per heavy atom. The van der Waals surface area contributed by atoms with Crippen molar-refractivity contribution in [3.8, 4) is 22.9 Å². The lowest BCUT2D eigenvalue weighted by Crippen LogP contribution is -2.74. The number of anilines is 3. The fourth-order valence-corrected chi connectivity index (χ4v) is 12.7. The molecule has 18 heteroatoms. The van der Waals surface area contributed by atoms with Crippen LogP contribution in [0, 0.1) is 22.2 Å². The summed E-state index contributed by atoms with van der Waals surface area (Å²) >= 11 is 6.27. The van der Waals surface area contributed by atoms with E-state index in [2.05, 4.69) is 73.5 Å². The van der Waals surface area contributed by atoms with Gasteiger partial charge in [-0.1, -0.05) is 39.3 Å². The summed E-state index contributed by atoms with van der Waals surface area (Å²) in [6, 6.07) is 10.7. The predicted molar refractivity (Wildman–Crippen MR) is 266 cm³/mol. The molecule has 0 bridgehead atoms. The second-order valence-electron chi connectivity index (χ2n) is 21.4. The number of carbonyl (C=O) groups excluding carboxylic acids is 1. The molecule has 71 heavy (non-hydrogen) atoms. The molecule has 2 aliphatic carbocycles. The number of nitrogens with zero attached hydrogens (tertiary/aromatic N) is 10. The number of fused-ring (bicyclic) bond motifs is 2. The molecule has 376 valence electrons. The first kappa shape index (κ1) is 48.9. The summed E-state index contributed by atoms with van der Waals surface area (Å²) in [7, 11) is 1.79. The van der Waals surface area contributed by atoms with Gasteiger partial charge in [-0.3, -0.25) is 19.1 Å². The molecule has 10 rings (SSSR count). The minimum absolute atomic E-state index is 0.00936. The van der Waals surface area contributed by atoms with Gasteiger partial charge in [0.2, 0.25) is 5.95 Å².